The first-order chi connectivity index (χ1) is 12.8. The number of amides is 2. The molecule has 0 radical (unpaired) electrons. The van der Waals surface area contributed by atoms with E-state index >= 15 is 0 Å². The summed E-state index contributed by atoms with van der Waals surface area (Å²) in [4.78, 5) is 39.0. The van der Waals surface area contributed by atoms with Gasteiger partial charge in [0.15, 0.2) is 0 Å². The molecule has 3 N–H and O–H groups in total. The molecular formula is C19H24ClN3O4. The second-order valence-electron chi connectivity index (χ2n) is 7.58. The standard InChI is InChI=1S/C19H24ClN3O4/c20-14-3-1-13(2-4-14)11-23-12-19(10-16(23)24)5-7-22(8-6-19)18(27)15(21)9-17(25)26/h1-4,15H,5-12,21H2,(H,25,26)/t15-/m0/s1. The van der Waals surface area contributed by atoms with Crippen LogP contribution in [0.5, 0.6) is 0 Å². The topological polar surface area (TPSA) is 104 Å². The number of piperidine rings is 1. The van der Waals surface area contributed by atoms with Crippen molar-refractivity contribution in [2.45, 2.75) is 38.3 Å². The summed E-state index contributed by atoms with van der Waals surface area (Å²) >= 11 is 5.91. The van der Waals surface area contributed by atoms with Crippen molar-refractivity contribution in [2.24, 2.45) is 11.1 Å². The first-order valence-electron chi connectivity index (χ1n) is 9.06. The molecule has 8 heteroatoms. The van der Waals surface area contributed by atoms with E-state index in [4.69, 9.17) is 22.4 Å². The lowest BCUT2D eigenvalue weighted by Crippen LogP contribution is -2.50. The van der Waals surface area contributed by atoms with Crippen molar-refractivity contribution < 1.29 is 19.5 Å². The van der Waals surface area contributed by atoms with Crippen molar-refractivity contribution in [2.75, 3.05) is 19.6 Å². The zero-order chi connectivity index (χ0) is 19.6. The molecule has 0 aliphatic carbocycles. The SMILES string of the molecule is N[C@@H](CC(=O)O)C(=O)N1CCC2(CC1)CC(=O)N(Cc1ccc(Cl)cc1)C2. The summed E-state index contributed by atoms with van der Waals surface area (Å²) in [5.74, 6) is -1.27. The minimum absolute atomic E-state index is 0.114. The van der Waals surface area contributed by atoms with Gasteiger partial charge in [0.25, 0.3) is 0 Å². The van der Waals surface area contributed by atoms with Crippen LogP contribution in [0, 0.1) is 5.41 Å². The molecule has 0 bridgehead atoms. The number of nitrogens with zero attached hydrogens (tertiary/aromatic N) is 2. The van der Waals surface area contributed by atoms with Crippen LogP contribution in [0.1, 0.15) is 31.2 Å². The number of carboxylic acids is 1. The lowest BCUT2D eigenvalue weighted by atomic mass is 9.77. The van der Waals surface area contributed by atoms with Gasteiger partial charge < -0.3 is 20.6 Å². The van der Waals surface area contributed by atoms with Crippen LogP contribution in [0.2, 0.25) is 5.02 Å². The first-order valence-corrected chi connectivity index (χ1v) is 9.44. The molecule has 146 valence electrons. The van der Waals surface area contributed by atoms with E-state index in [9.17, 15) is 14.4 Å². The van der Waals surface area contributed by atoms with Gasteiger partial charge in [-0.15, -0.1) is 0 Å². The van der Waals surface area contributed by atoms with Crippen molar-refractivity contribution in [3.05, 3.63) is 34.9 Å². The van der Waals surface area contributed by atoms with Gasteiger partial charge in [0, 0.05) is 43.0 Å². The van der Waals surface area contributed by atoms with Gasteiger partial charge in [-0.1, -0.05) is 23.7 Å². The van der Waals surface area contributed by atoms with E-state index in [1.165, 1.54) is 0 Å². The number of hydrogen-bond donors (Lipinski definition) is 2. The summed E-state index contributed by atoms with van der Waals surface area (Å²) in [5, 5.41) is 9.46. The Hall–Kier alpha value is -2.12. The molecule has 1 aromatic carbocycles. The van der Waals surface area contributed by atoms with Gasteiger partial charge in [-0.2, -0.15) is 0 Å². The van der Waals surface area contributed by atoms with E-state index < -0.39 is 12.0 Å². The molecule has 1 atom stereocenters. The quantitative estimate of drug-likeness (QED) is 0.788. The molecular weight excluding hydrogens is 370 g/mol. The van der Waals surface area contributed by atoms with E-state index in [0.717, 1.165) is 18.4 Å². The number of likely N-dealkylation sites (tertiary alicyclic amines) is 2. The summed E-state index contributed by atoms with van der Waals surface area (Å²) in [7, 11) is 0. The predicted octanol–water partition coefficient (Wildman–Crippen LogP) is 1.48. The molecule has 2 amide bonds. The molecule has 2 aliphatic rings. The Morgan fingerprint density at radius 1 is 1.22 bits per heavy atom. The van der Waals surface area contributed by atoms with Crippen molar-refractivity contribution in [1.82, 2.24) is 9.80 Å². The molecule has 2 heterocycles. The lowest BCUT2D eigenvalue weighted by Gasteiger charge is -2.39. The molecule has 3 rings (SSSR count). The van der Waals surface area contributed by atoms with E-state index in [2.05, 4.69) is 0 Å². The maximum atomic E-state index is 12.5. The summed E-state index contributed by atoms with van der Waals surface area (Å²) < 4.78 is 0. The summed E-state index contributed by atoms with van der Waals surface area (Å²) in [5.41, 5.74) is 6.62. The smallest absolute Gasteiger partial charge is 0.305 e. The van der Waals surface area contributed by atoms with Crippen molar-refractivity contribution in [3.63, 3.8) is 0 Å². The van der Waals surface area contributed by atoms with Crippen LogP contribution in [0.15, 0.2) is 24.3 Å². The van der Waals surface area contributed by atoms with Gasteiger partial charge in [0.05, 0.1) is 12.5 Å². The summed E-state index contributed by atoms with van der Waals surface area (Å²) in [6.07, 6.45) is 1.57. The number of aliphatic carboxylic acids is 1. The second-order valence-corrected chi connectivity index (χ2v) is 8.02. The average Bonchev–Trinajstić information content (AvgIpc) is 2.91. The number of nitrogens with two attached hydrogens (primary N) is 1. The Morgan fingerprint density at radius 3 is 2.44 bits per heavy atom. The molecule has 2 fully saturated rings. The van der Waals surface area contributed by atoms with Crippen LogP contribution in [-0.2, 0) is 20.9 Å². The molecule has 2 aliphatic heterocycles. The fourth-order valence-corrected chi connectivity index (χ4v) is 4.11. The van der Waals surface area contributed by atoms with Crippen molar-refractivity contribution >= 4 is 29.4 Å². The Kier molecular flexibility index (Phi) is 5.72. The number of carbonyl (C=O) groups excluding carboxylic acids is 2. The zero-order valence-corrected chi connectivity index (χ0v) is 15.8. The van der Waals surface area contributed by atoms with Crippen LogP contribution in [0.25, 0.3) is 0 Å². The average molecular weight is 394 g/mol. The Bertz CT molecular complexity index is 729. The maximum absolute atomic E-state index is 12.5. The van der Waals surface area contributed by atoms with Gasteiger partial charge in [-0.05, 0) is 30.5 Å². The third-order valence-corrected chi connectivity index (χ3v) is 5.79. The van der Waals surface area contributed by atoms with Gasteiger partial charge in [-0.25, -0.2) is 0 Å². The third-order valence-electron chi connectivity index (χ3n) is 5.54. The molecule has 2 saturated heterocycles. The highest BCUT2D eigenvalue weighted by molar-refractivity contribution is 6.30. The van der Waals surface area contributed by atoms with Crippen LogP contribution in [0.4, 0.5) is 0 Å². The van der Waals surface area contributed by atoms with Crippen molar-refractivity contribution in [3.8, 4) is 0 Å². The zero-order valence-electron chi connectivity index (χ0n) is 15.1. The third kappa shape index (κ3) is 4.59. The second kappa shape index (κ2) is 7.86. The maximum Gasteiger partial charge on any atom is 0.305 e. The highest BCUT2D eigenvalue weighted by Gasteiger charge is 2.45. The largest absolute Gasteiger partial charge is 0.481 e. The van der Waals surface area contributed by atoms with Crippen LogP contribution >= 0.6 is 11.6 Å². The Labute approximate surface area is 163 Å². The van der Waals surface area contributed by atoms with Crippen LogP contribution in [-0.4, -0.2) is 58.4 Å². The minimum Gasteiger partial charge on any atom is -0.481 e. The summed E-state index contributed by atoms with van der Waals surface area (Å²) in [6, 6.07) is 6.47. The molecule has 27 heavy (non-hydrogen) atoms. The fraction of sp³-hybridized carbons (Fsp3) is 0.526. The van der Waals surface area contributed by atoms with Gasteiger partial charge in [-0.3, -0.25) is 14.4 Å². The normalized spacial score (nSPS) is 20.1. The number of benzene rings is 1. The number of carboxylic acid groups (broad SMARTS) is 1. The van der Waals surface area contributed by atoms with E-state index in [-0.39, 0.29) is 23.7 Å². The Balaban J connectivity index is 1.56. The number of hydrogen-bond acceptors (Lipinski definition) is 4. The number of halogens is 1. The van der Waals surface area contributed by atoms with Crippen molar-refractivity contribution in [1.29, 1.82) is 0 Å². The number of rotatable bonds is 5. The molecule has 0 unspecified atom stereocenters. The molecule has 7 nitrogen and oxygen atoms in total. The van der Waals surface area contributed by atoms with Gasteiger partial charge in [0.2, 0.25) is 11.8 Å². The fourth-order valence-electron chi connectivity index (χ4n) is 3.98. The van der Waals surface area contributed by atoms with E-state index in [1.807, 2.05) is 29.2 Å². The monoisotopic (exact) mass is 393 g/mol. The highest BCUT2D eigenvalue weighted by atomic mass is 35.5. The Morgan fingerprint density at radius 2 is 1.85 bits per heavy atom. The molecule has 0 saturated carbocycles. The van der Waals surface area contributed by atoms with Gasteiger partial charge in [0.1, 0.15) is 0 Å². The first kappa shape index (κ1) is 19.6. The summed E-state index contributed by atoms with van der Waals surface area (Å²) in [6.45, 7) is 2.25. The number of carbonyl (C=O) groups is 3. The highest BCUT2D eigenvalue weighted by Crippen LogP contribution is 2.41. The molecule has 1 aromatic rings. The lowest BCUT2D eigenvalue weighted by molar-refractivity contribution is -0.142. The van der Waals surface area contributed by atoms with Gasteiger partial charge >= 0.3 is 5.97 Å². The predicted molar refractivity (Wildman–Crippen MR) is 100.0 cm³/mol. The molecule has 1 spiro atoms. The minimum atomic E-state index is -1.08. The van der Waals surface area contributed by atoms with Crippen LogP contribution < -0.4 is 5.73 Å². The molecule has 0 aromatic heterocycles. The van der Waals surface area contributed by atoms with E-state index in [1.54, 1.807) is 4.90 Å². The van der Waals surface area contributed by atoms with Crippen LogP contribution in [0.3, 0.4) is 0 Å². The van der Waals surface area contributed by atoms with E-state index in [0.29, 0.717) is 37.6 Å².